The molecule has 2 aliphatic rings. The van der Waals surface area contributed by atoms with Crippen LogP contribution in [-0.2, 0) is 0 Å². The minimum atomic E-state index is -3.87. The highest BCUT2D eigenvalue weighted by molar-refractivity contribution is 9.10. The molecule has 0 amide bonds. The van der Waals surface area contributed by atoms with Crippen molar-refractivity contribution in [1.29, 1.82) is 0 Å². The minimum Gasteiger partial charge on any atom is -0.396 e. The molecule has 0 atom stereocenters. The molecule has 0 spiro atoms. The average Bonchev–Trinajstić information content (AvgIpc) is 3.28. The zero-order chi connectivity index (χ0) is 17.2. The molecule has 0 N–H and O–H groups in total. The Bertz CT molecular complexity index is 1140. The molecule has 0 bridgehead atoms. The maximum Gasteiger partial charge on any atom is 0.737 e. The van der Waals surface area contributed by atoms with Crippen LogP contribution in [0.15, 0.2) is 77.0 Å². The molecule has 0 saturated heterocycles. The Morgan fingerprint density at radius 2 is 1.76 bits per heavy atom. The fourth-order valence-corrected chi connectivity index (χ4v) is 4.25. The summed E-state index contributed by atoms with van der Waals surface area (Å²) >= 11 is 3.58. The van der Waals surface area contributed by atoms with Crippen LogP contribution in [-0.4, -0.2) is 22.1 Å². The normalized spacial score (nSPS) is 17.6. The molecular weight excluding hydrogens is 385 g/mol. The number of halogens is 3. The Morgan fingerprint density at radius 3 is 2.60 bits per heavy atom. The van der Waals surface area contributed by atoms with Crippen LogP contribution in [0.3, 0.4) is 0 Å². The van der Waals surface area contributed by atoms with Crippen molar-refractivity contribution in [3.05, 3.63) is 88.3 Å². The van der Waals surface area contributed by atoms with E-state index in [2.05, 4.69) is 15.9 Å². The van der Waals surface area contributed by atoms with Crippen molar-refractivity contribution in [3.63, 3.8) is 0 Å². The molecular formula is C19H12BBrF2N2. The quantitative estimate of drug-likeness (QED) is 0.508. The summed E-state index contributed by atoms with van der Waals surface area (Å²) in [5.74, 6) is 0. The highest BCUT2D eigenvalue weighted by atomic mass is 79.9. The predicted octanol–water partition coefficient (Wildman–Crippen LogP) is 5.05. The Kier molecular flexibility index (Phi) is 2.98. The molecule has 0 saturated carbocycles. The van der Waals surface area contributed by atoms with Gasteiger partial charge in [0.25, 0.3) is 0 Å². The van der Waals surface area contributed by atoms with E-state index in [9.17, 15) is 8.63 Å². The van der Waals surface area contributed by atoms with Crippen LogP contribution in [0, 0.1) is 0 Å². The van der Waals surface area contributed by atoms with Crippen LogP contribution in [0.1, 0.15) is 11.3 Å². The first-order valence-corrected chi connectivity index (χ1v) is 8.80. The smallest absolute Gasteiger partial charge is 0.396 e. The molecule has 0 unspecified atom stereocenters. The molecule has 2 aromatic carbocycles. The number of hydrogen-bond acceptors (Lipinski definition) is 0. The summed E-state index contributed by atoms with van der Waals surface area (Å²) < 4.78 is 33.0. The monoisotopic (exact) mass is 396 g/mol. The summed E-state index contributed by atoms with van der Waals surface area (Å²) in [5, 5.41) is 2.09. The van der Waals surface area contributed by atoms with E-state index in [0.29, 0.717) is 11.4 Å². The number of nitrogens with zero attached hydrogens (tertiary/aromatic N) is 2. The highest BCUT2D eigenvalue weighted by Crippen LogP contribution is 2.41. The Morgan fingerprint density at radius 1 is 0.960 bits per heavy atom. The van der Waals surface area contributed by atoms with Gasteiger partial charge in [0.05, 0.1) is 5.57 Å². The van der Waals surface area contributed by atoms with E-state index in [1.807, 2.05) is 36.4 Å². The molecule has 25 heavy (non-hydrogen) atoms. The van der Waals surface area contributed by atoms with Crippen molar-refractivity contribution in [2.45, 2.75) is 0 Å². The number of benzene rings is 2. The van der Waals surface area contributed by atoms with Gasteiger partial charge in [0.1, 0.15) is 6.21 Å². The van der Waals surface area contributed by atoms with Crippen LogP contribution in [0.2, 0.25) is 0 Å². The van der Waals surface area contributed by atoms with Crippen LogP contribution < -0.4 is 0 Å². The Labute approximate surface area is 151 Å². The van der Waals surface area contributed by atoms with E-state index in [1.165, 1.54) is 12.4 Å². The summed E-state index contributed by atoms with van der Waals surface area (Å²) in [4.78, 5) is 0. The van der Waals surface area contributed by atoms with E-state index in [0.717, 1.165) is 35.3 Å². The average molecular weight is 397 g/mol. The number of aromatic nitrogens is 1. The van der Waals surface area contributed by atoms with Crippen molar-refractivity contribution in [3.8, 4) is 0 Å². The third kappa shape index (κ3) is 1.91. The molecule has 3 aromatic rings. The van der Waals surface area contributed by atoms with Crippen molar-refractivity contribution >= 4 is 45.5 Å². The van der Waals surface area contributed by atoms with Crippen LogP contribution >= 0.6 is 15.9 Å². The lowest BCUT2D eigenvalue weighted by atomic mass is 9.85. The lowest BCUT2D eigenvalue weighted by molar-refractivity contribution is -0.356. The Hall–Kier alpha value is -2.47. The fourth-order valence-electron chi connectivity index (χ4n) is 3.77. The molecule has 1 aromatic heterocycles. The van der Waals surface area contributed by atoms with Crippen molar-refractivity contribution in [2.24, 2.45) is 0 Å². The van der Waals surface area contributed by atoms with Crippen LogP contribution in [0.4, 0.5) is 8.63 Å². The van der Waals surface area contributed by atoms with Gasteiger partial charge in [-0.3, -0.25) is 0 Å². The highest BCUT2D eigenvalue weighted by Gasteiger charge is 2.51. The van der Waals surface area contributed by atoms with E-state index in [-0.39, 0.29) is 0 Å². The molecule has 0 radical (unpaired) electrons. The number of fused-ring (bicyclic) bond motifs is 3. The standard InChI is InChI=1S/C19H12BBrF2N2/c21-16-10-9-15(13-5-1-2-6-14(13)16)19-17-7-3-11-24(17)20(22,23)25-12-4-8-18(19)25/h1-12H. The van der Waals surface area contributed by atoms with Crippen LogP contribution in [0.25, 0.3) is 16.3 Å². The first-order valence-electron chi connectivity index (χ1n) is 8.00. The zero-order valence-electron chi connectivity index (χ0n) is 13.0. The third-order valence-electron chi connectivity index (χ3n) is 4.88. The molecule has 0 aliphatic carbocycles. The number of hydrogen-bond donors (Lipinski definition) is 0. The predicted molar refractivity (Wildman–Crippen MR) is 101 cm³/mol. The fraction of sp³-hybridized carbons (Fsp3) is 0. The molecule has 2 aliphatic heterocycles. The van der Waals surface area contributed by atoms with E-state index in [4.69, 9.17) is 0 Å². The van der Waals surface area contributed by atoms with Crippen molar-refractivity contribution in [2.75, 3.05) is 0 Å². The van der Waals surface area contributed by atoms with E-state index >= 15 is 0 Å². The second-order valence-electron chi connectivity index (χ2n) is 6.21. The summed E-state index contributed by atoms with van der Waals surface area (Å²) in [6, 6.07) is 15.4. The van der Waals surface area contributed by atoms with Gasteiger partial charge < -0.3 is 17.6 Å². The molecule has 5 rings (SSSR count). The van der Waals surface area contributed by atoms with Gasteiger partial charge in [-0.2, -0.15) is 0 Å². The van der Waals surface area contributed by atoms with Crippen LogP contribution in [0.5, 0.6) is 0 Å². The zero-order valence-corrected chi connectivity index (χ0v) is 14.6. The first-order chi connectivity index (χ1) is 12.1. The van der Waals surface area contributed by atoms with Crippen molar-refractivity contribution < 1.29 is 13.1 Å². The molecule has 2 nitrogen and oxygen atoms in total. The number of rotatable bonds is 1. The van der Waals surface area contributed by atoms with Crippen molar-refractivity contribution in [1.82, 2.24) is 4.48 Å². The van der Waals surface area contributed by atoms with E-state index < -0.39 is 6.97 Å². The summed E-state index contributed by atoms with van der Waals surface area (Å²) in [7, 11) is 0. The third-order valence-corrected chi connectivity index (χ3v) is 5.57. The summed E-state index contributed by atoms with van der Waals surface area (Å²) in [6.45, 7) is -3.87. The lowest BCUT2D eigenvalue weighted by Gasteiger charge is -2.31. The van der Waals surface area contributed by atoms with E-state index in [1.54, 1.807) is 24.3 Å². The second-order valence-corrected chi connectivity index (χ2v) is 7.06. The SMILES string of the molecule is F[B-]1(F)n2cccc2C(c2ccc(Br)c3ccccc23)=C2C=CC=[N+]21. The maximum atomic E-state index is 14.9. The van der Waals surface area contributed by atoms with Gasteiger partial charge in [-0.25, -0.2) is 0 Å². The maximum absolute atomic E-state index is 14.9. The largest absolute Gasteiger partial charge is 0.737 e. The summed E-state index contributed by atoms with van der Waals surface area (Å²) in [5.41, 5.74) is 2.86. The van der Waals surface area contributed by atoms with Gasteiger partial charge in [0, 0.05) is 22.3 Å². The Balaban J connectivity index is 1.91. The van der Waals surface area contributed by atoms with Gasteiger partial charge in [-0.1, -0.05) is 46.3 Å². The second kappa shape index (κ2) is 5.02. The molecule has 122 valence electrons. The number of allylic oxidation sites excluding steroid dienone is 2. The molecule has 6 heteroatoms. The van der Waals surface area contributed by atoms with Gasteiger partial charge >= 0.3 is 6.97 Å². The van der Waals surface area contributed by atoms with Gasteiger partial charge in [0.15, 0.2) is 5.70 Å². The lowest BCUT2D eigenvalue weighted by Crippen LogP contribution is -2.49. The van der Waals surface area contributed by atoms with Gasteiger partial charge in [0.2, 0.25) is 0 Å². The van der Waals surface area contributed by atoms with Gasteiger partial charge in [-0.15, -0.1) is 0 Å². The van der Waals surface area contributed by atoms with Gasteiger partial charge in [-0.05, 0) is 40.7 Å². The topological polar surface area (TPSA) is 7.94 Å². The minimum absolute atomic E-state index is 0.545. The molecule has 3 heterocycles. The molecule has 0 fully saturated rings. The summed E-state index contributed by atoms with van der Waals surface area (Å²) in [6.07, 6.45) is 6.36. The first kappa shape index (κ1) is 14.8.